The summed E-state index contributed by atoms with van der Waals surface area (Å²) in [7, 11) is 2.13. The van der Waals surface area contributed by atoms with Crippen LogP contribution < -0.4 is 10.6 Å². The van der Waals surface area contributed by atoms with Crippen LogP contribution >= 0.6 is 0 Å². The number of carboxylic acid groups (broad SMARTS) is 1. The van der Waals surface area contributed by atoms with Crippen molar-refractivity contribution in [2.24, 2.45) is 11.8 Å². The van der Waals surface area contributed by atoms with Crippen molar-refractivity contribution in [3.63, 3.8) is 0 Å². The number of alkyl carbamates (subject to hydrolysis) is 1. The van der Waals surface area contributed by atoms with Gasteiger partial charge in [-0.15, -0.1) is 0 Å². The Kier molecular flexibility index (Phi) is 12.7. The van der Waals surface area contributed by atoms with Gasteiger partial charge in [-0.3, -0.25) is 14.4 Å². The number of esters is 2. The minimum absolute atomic E-state index is 0.0378. The lowest BCUT2D eigenvalue weighted by Gasteiger charge is -2.26. The normalized spacial score (nSPS) is 12.2. The quantitative estimate of drug-likeness (QED) is 0.156. The summed E-state index contributed by atoms with van der Waals surface area (Å²) in [6, 6.07) is 7.77. The number of rotatable bonds is 14. The number of methoxy groups -OCH3 is 2. The molecule has 2 amide bonds. The number of nitrogens with one attached hydrogen (secondary N) is 2. The summed E-state index contributed by atoms with van der Waals surface area (Å²) >= 11 is 0. The number of carbonyl (C=O) groups is 5. The first-order chi connectivity index (χ1) is 16.2. The first-order valence-electron chi connectivity index (χ1n) is 10.8. The number of benzene rings is 1. The molecule has 1 rings (SSSR count). The zero-order valence-electron chi connectivity index (χ0n) is 19.6. The fourth-order valence-electron chi connectivity index (χ4n) is 3.19. The van der Waals surface area contributed by atoms with Crippen molar-refractivity contribution in [2.75, 3.05) is 20.8 Å². The van der Waals surface area contributed by atoms with Gasteiger partial charge in [-0.2, -0.15) is 0 Å². The highest BCUT2D eigenvalue weighted by molar-refractivity contribution is 5.96. The third-order valence-electron chi connectivity index (χ3n) is 5.11. The molecule has 0 saturated heterocycles. The molecule has 0 aliphatic rings. The molecule has 1 aromatic carbocycles. The Morgan fingerprint density at radius 2 is 1.56 bits per heavy atom. The predicted molar refractivity (Wildman–Crippen MR) is 119 cm³/mol. The van der Waals surface area contributed by atoms with Gasteiger partial charge in [-0.25, -0.2) is 9.59 Å². The fraction of sp³-hybridized carbons (Fsp3) is 0.522. The fourth-order valence-corrected chi connectivity index (χ4v) is 3.19. The van der Waals surface area contributed by atoms with Gasteiger partial charge in [0.05, 0.1) is 14.2 Å². The van der Waals surface area contributed by atoms with Gasteiger partial charge in [0.1, 0.15) is 12.6 Å². The van der Waals surface area contributed by atoms with E-state index in [1.807, 2.05) is 30.3 Å². The van der Waals surface area contributed by atoms with E-state index in [1.165, 1.54) is 6.92 Å². The molecular weight excluding hydrogens is 448 g/mol. The van der Waals surface area contributed by atoms with Crippen LogP contribution in [0.25, 0.3) is 0 Å². The molecule has 0 saturated carbocycles. The maximum absolute atomic E-state index is 12.2. The Morgan fingerprint density at radius 3 is 2.12 bits per heavy atom. The molecule has 11 heteroatoms. The van der Waals surface area contributed by atoms with Crippen molar-refractivity contribution < 1.29 is 43.3 Å². The first-order valence-corrected chi connectivity index (χ1v) is 10.8. The molecule has 0 spiro atoms. The molecule has 0 radical (unpaired) electrons. The standard InChI is InChI=1S/C23H32N2O9/c1-15(18(21(29)32-2)22(30)33-3)19(20(27)28)25-17(26)12-8-5-9-13-24-23(31)34-14-16-10-6-4-7-11-16/h4,6-7,10-11,15,18-19H,5,8-9,12-14H2,1-3H3,(H,24,31)(H,25,26)(H,27,28)/t15-,19-/m1/s1. The number of hydrogen-bond donors (Lipinski definition) is 3. The molecule has 0 aromatic heterocycles. The number of amides is 2. The van der Waals surface area contributed by atoms with Gasteiger partial charge in [0, 0.05) is 18.9 Å². The lowest BCUT2D eigenvalue weighted by atomic mass is 9.87. The topological polar surface area (TPSA) is 157 Å². The minimum atomic E-state index is -1.50. The van der Waals surface area contributed by atoms with Gasteiger partial charge in [0.2, 0.25) is 5.91 Å². The molecule has 188 valence electrons. The number of hydrogen-bond acceptors (Lipinski definition) is 8. The molecule has 3 N–H and O–H groups in total. The highest BCUT2D eigenvalue weighted by Gasteiger charge is 2.41. The summed E-state index contributed by atoms with van der Waals surface area (Å²) in [5, 5.41) is 14.5. The number of carbonyl (C=O) groups excluding carboxylic acids is 4. The van der Waals surface area contributed by atoms with E-state index in [4.69, 9.17) is 4.74 Å². The highest BCUT2D eigenvalue weighted by Crippen LogP contribution is 2.20. The van der Waals surface area contributed by atoms with Gasteiger partial charge in [-0.05, 0) is 18.4 Å². The van der Waals surface area contributed by atoms with Gasteiger partial charge in [0.15, 0.2) is 5.92 Å². The number of aliphatic carboxylic acids is 1. The van der Waals surface area contributed by atoms with Crippen LogP contribution in [0.4, 0.5) is 4.79 Å². The largest absolute Gasteiger partial charge is 0.480 e. The molecule has 0 heterocycles. The molecule has 0 unspecified atom stereocenters. The maximum Gasteiger partial charge on any atom is 0.407 e. The summed E-state index contributed by atoms with van der Waals surface area (Å²) in [5.74, 6) is -6.43. The van der Waals surface area contributed by atoms with E-state index in [-0.39, 0.29) is 13.0 Å². The zero-order valence-corrected chi connectivity index (χ0v) is 19.6. The van der Waals surface area contributed by atoms with Gasteiger partial charge in [-0.1, -0.05) is 43.7 Å². The van der Waals surface area contributed by atoms with Crippen LogP contribution in [0.1, 0.15) is 38.2 Å². The van der Waals surface area contributed by atoms with Crippen LogP contribution in [0.2, 0.25) is 0 Å². The molecular formula is C23H32N2O9. The number of carboxylic acids is 1. The van der Waals surface area contributed by atoms with E-state index in [2.05, 4.69) is 20.1 Å². The van der Waals surface area contributed by atoms with Gasteiger partial charge >= 0.3 is 24.0 Å². The Bertz CT molecular complexity index is 813. The third-order valence-corrected chi connectivity index (χ3v) is 5.11. The Morgan fingerprint density at radius 1 is 0.941 bits per heavy atom. The SMILES string of the molecule is COC(=O)C(C(=O)OC)[C@@H](C)[C@@H](NC(=O)CCCCCNC(=O)OCc1ccccc1)C(=O)O. The van der Waals surface area contributed by atoms with Crippen LogP contribution in [0.5, 0.6) is 0 Å². The number of ether oxygens (including phenoxy) is 3. The third kappa shape index (κ3) is 9.88. The summed E-state index contributed by atoms with van der Waals surface area (Å²) < 4.78 is 14.2. The second kappa shape index (κ2) is 15.3. The second-order valence-corrected chi connectivity index (χ2v) is 7.57. The summed E-state index contributed by atoms with van der Waals surface area (Å²) in [6.45, 7) is 1.88. The Labute approximate surface area is 198 Å². The van der Waals surface area contributed by atoms with E-state index < -0.39 is 47.8 Å². The van der Waals surface area contributed by atoms with Crippen molar-refractivity contribution in [2.45, 2.75) is 45.3 Å². The lowest BCUT2D eigenvalue weighted by molar-refractivity contribution is -0.163. The molecule has 34 heavy (non-hydrogen) atoms. The monoisotopic (exact) mass is 480 g/mol. The lowest BCUT2D eigenvalue weighted by Crippen LogP contribution is -2.50. The van der Waals surface area contributed by atoms with Crippen molar-refractivity contribution in [3.8, 4) is 0 Å². The Hall–Kier alpha value is -3.63. The molecule has 1 aromatic rings. The van der Waals surface area contributed by atoms with Crippen molar-refractivity contribution in [1.29, 1.82) is 0 Å². The van der Waals surface area contributed by atoms with Crippen LogP contribution in [-0.2, 0) is 40.0 Å². The smallest absolute Gasteiger partial charge is 0.407 e. The van der Waals surface area contributed by atoms with Crippen LogP contribution in [0.15, 0.2) is 30.3 Å². The average Bonchev–Trinajstić information content (AvgIpc) is 2.83. The highest BCUT2D eigenvalue weighted by atomic mass is 16.6. The van der Waals surface area contributed by atoms with Crippen LogP contribution in [-0.4, -0.2) is 61.8 Å². The molecule has 0 fully saturated rings. The van der Waals surface area contributed by atoms with Crippen LogP contribution in [0.3, 0.4) is 0 Å². The second-order valence-electron chi connectivity index (χ2n) is 7.57. The van der Waals surface area contributed by atoms with E-state index in [9.17, 15) is 29.1 Å². The maximum atomic E-state index is 12.2. The van der Waals surface area contributed by atoms with Gasteiger partial charge < -0.3 is 30.0 Å². The predicted octanol–water partition coefficient (Wildman–Crippen LogP) is 1.64. The summed E-state index contributed by atoms with van der Waals surface area (Å²) in [4.78, 5) is 59.4. The Balaban J connectivity index is 2.37. The van der Waals surface area contributed by atoms with E-state index in [0.717, 1.165) is 19.8 Å². The van der Waals surface area contributed by atoms with Crippen molar-refractivity contribution in [3.05, 3.63) is 35.9 Å². The molecule has 2 atom stereocenters. The van der Waals surface area contributed by atoms with Crippen LogP contribution in [0, 0.1) is 11.8 Å². The first kappa shape index (κ1) is 28.4. The summed E-state index contributed by atoms with van der Waals surface area (Å²) in [6.07, 6.45) is 1.15. The van der Waals surface area contributed by atoms with E-state index in [0.29, 0.717) is 25.8 Å². The molecule has 0 aliphatic heterocycles. The van der Waals surface area contributed by atoms with Crippen molar-refractivity contribution >= 4 is 29.9 Å². The average molecular weight is 481 g/mol. The molecule has 0 aliphatic carbocycles. The minimum Gasteiger partial charge on any atom is -0.480 e. The van der Waals surface area contributed by atoms with E-state index in [1.54, 1.807) is 0 Å². The van der Waals surface area contributed by atoms with Crippen molar-refractivity contribution in [1.82, 2.24) is 10.6 Å². The van der Waals surface area contributed by atoms with E-state index >= 15 is 0 Å². The molecule has 0 bridgehead atoms. The molecule has 11 nitrogen and oxygen atoms in total. The zero-order chi connectivity index (χ0) is 25.5. The number of unbranched alkanes of at least 4 members (excludes halogenated alkanes) is 2. The van der Waals surface area contributed by atoms with Gasteiger partial charge in [0.25, 0.3) is 0 Å². The summed E-state index contributed by atoms with van der Waals surface area (Å²) in [5.41, 5.74) is 0.877.